The van der Waals surface area contributed by atoms with E-state index in [0.29, 0.717) is 11.4 Å². The lowest BCUT2D eigenvalue weighted by molar-refractivity contribution is 0.162. The van der Waals surface area contributed by atoms with Crippen molar-refractivity contribution < 1.29 is 8.42 Å². The third kappa shape index (κ3) is 3.42. The summed E-state index contributed by atoms with van der Waals surface area (Å²) in [6.07, 6.45) is 4.41. The van der Waals surface area contributed by atoms with Crippen LogP contribution in [0.25, 0.3) is 0 Å². The lowest BCUT2D eigenvalue weighted by Gasteiger charge is -2.36. The fourth-order valence-electron chi connectivity index (χ4n) is 2.76. The molecule has 2 rings (SSSR count). The van der Waals surface area contributed by atoms with Crippen LogP contribution >= 0.6 is 15.9 Å². The molecule has 20 heavy (non-hydrogen) atoms. The van der Waals surface area contributed by atoms with Crippen LogP contribution in [0, 0.1) is 0 Å². The summed E-state index contributed by atoms with van der Waals surface area (Å²) in [5.74, 6) is 0. The first-order valence-electron chi connectivity index (χ1n) is 6.78. The molecular weight excluding hydrogens is 340 g/mol. The van der Waals surface area contributed by atoms with E-state index < -0.39 is 10.0 Å². The smallest absolute Gasteiger partial charge is 0.240 e. The van der Waals surface area contributed by atoms with Crippen LogP contribution in [0.4, 0.5) is 0 Å². The summed E-state index contributed by atoms with van der Waals surface area (Å²) >= 11 is 3.31. The first-order valence-corrected chi connectivity index (χ1v) is 9.06. The first-order chi connectivity index (χ1) is 9.36. The highest BCUT2D eigenvalue weighted by molar-refractivity contribution is 9.10. The van der Waals surface area contributed by atoms with Gasteiger partial charge >= 0.3 is 0 Å². The summed E-state index contributed by atoms with van der Waals surface area (Å²) in [5, 5.41) is 0. The Morgan fingerprint density at radius 1 is 1.30 bits per heavy atom. The van der Waals surface area contributed by atoms with Crippen LogP contribution in [-0.2, 0) is 10.0 Å². The van der Waals surface area contributed by atoms with Gasteiger partial charge in [0.2, 0.25) is 10.0 Å². The summed E-state index contributed by atoms with van der Waals surface area (Å²) < 4.78 is 28.3. The Morgan fingerprint density at radius 3 is 2.50 bits per heavy atom. The van der Waals surface area contributed by atoms with Gasteiger partial charge in [-0.05, 0) is 45.1 Å². The van der Waals surface area contributed by atoms with Crippen LogP contribution in [-0.4, -0.2) is 39.5 Å². The number of hydrogen-bond acceptors (Lipinski definition) is 3. The number of rotatable bonds is 5. The molecule has 0 aliphatic heterocycles. The van der Waals surface area contributed by atoms with Gasteiger partial charge < -0.3 is 4.90 Å². The van der Waals surface area contributed by atoms with E-state index in [9.17, 15) is 8.42 Å². The predicted octanol–water partition coefficient (Wildman–Crippen LogP) is 2.60. The molecule has 1 aromatic rings. The van der Waals surface area contributed by atoms with E-state index in [0.717, 1.165) is 30.2 Å². The topological polar surface area (TPSA) is 49.4 Å². The Morgan fingerprint density at radius 2 is 1.95 bits per heavy atom. The maximum absolute atomic E-state index is 12.4. The summed E-state index contributed by atoms with van der Waals surface area (Å²) in [4.78, 5) is 2.46. The van der Waals surface area contributed by atoms with Gasteiger partial charge in [0.05, 0.1) is 4.90 Å². The lowest BCUT2D eigenvalue weighted by atomic mass is 9.97. The molecule has 0 saturated heterocycles. The van der Waals surface area contributed by atoms with Gasteiger partial charge in [0.1, 0.15) is 0 Å². The number of sulfonamides is 1. The quantitative estimate of drug-likeness (QED) is 0.877. The number of likely N-dealkylation sites (N-methyl/N-ethyl adjacent to an activating group) is 1. The number of nitrogens with zero attached hydrogens (tertiary/aromatic N) is 1. The molecule has 0 spiro atoms. The van der Waals surface area contributed by atoms with Gasteiger partial charge in [-0.2, -0.15) is 0 Å². The molecule has 0 atom stereocenters. The van der Waals surface area contributed by atoms with Gasteiger partial charge in [0.25, 0.3) is 0 Å². The number of halogens is 1. The highest BCUT2D eigenvalue weighted by Crippen LogP contribution is 2.33. The van der Waals surface area contributed by atoms with Crippen LogP contribution in [0.2, 0.25) is 0 Å². The lowest BCUT2D eigenvalue weighted by Crippen LogP contribution is -2.50. The van der Waals surface area contributed by atoms with Gasteiger partial charge in [-0.25, -0.2) is 13.1 Å². The van der Waals surface area contributed by atoms with E-state index in [-0.39, 0.29) is 5.54 Å². The highest BCUT2D eigenvalue weighted by Gasteiger charge is 2.36. The van der Waals surface area contributed by atoms with Gasteiger partial charge in [0, 0.05) is 16.6 Å². The van der Waals surface area contributed by atoms with Crippen molar-refractivity contribution >= 4 is 26.0 Å². The van der Waals surface area contributed by atoms with Crippen molar-refractivity contribution in [1.82, 2.24) is 9.62 Å². The van der Waals surface area contributed by atoms with Gasteiger partial charge in [-0.3, -0.25) is 0 Å². The molecular formula is C14H21BrN2O2S. The minimum Gasteiger partial charge on any atom is -0.302 e. The van der Waals surface area contributed by atoms with E-state index in [2.05, 4.69) is 25.6 Å². The van der Waals surface area contributed by atoms with Gasteiger partial charge in [0.15, 0.2) is 0 Å². The maximum atomic E-state index is 12.4. The van der Waals surface area contributed by atoms with Crippen molar-refractivity contribution in [3.8, 4) is 0 Å². The zero-order valence-electron chi connectivity index (χ0n) is 11.9. The number of benzene rings is 1. The van der Waals surface area contributed by atoms with E-state index in [4.69, 9.17) is 0 Å². The van der Waals surface area contributed by atoms with Gasteiger partial charge in [-0.15, -0.1) is 0 Å². The average molecular weight is 361 g/mol. The predicted molar refractivity (Wildman–Crippen MR) is 84.2 cm³/mol. The summed E-state index contributed by atoms with van der Waals surface area (Å²) in [7, 11) is 0.604. The molecule has 0 radical (unpaired) electrons. The van der Waals surface area contributed by atoms with E-state index >= 15 is 0 Å². The molecule has 0 amide bonds. The molecule has 112 valence electrons. The molecule has 1 fully saturated rings. The maximum Gasteiger partial charge on any atom is 0.240 e. The van der Waals surface area contributed by atoms with E-state index in [1.54, 1.807) is 18.2 Å². The fraction of sp³-hybridized carbons (Fsp3) is 0.571. The minimum absolute atomic E-state index is 0.0426. The zero-order chi connectivity index (χ0) is 14.8. The molecule has 0 bridgehead atoms. The highest BCUT2D eigenvalue weighted by atomic mass is 79.9. The van der Waals surface area contributed by atoms with Crippen molar-refractivity contribution in [1.29, 1.82) is 0 Å². The van der Waals surface area contributed by atoms with Crippen molar-refractivity contribution in [2.75, 3.05) is 20.6 Å². The van der Waals surface area contributed by atoms with E-state index in [1.807, 2.05) is 20.2 Å². The van der Waals surface area contributed by atoms with Crippen LogP contribution < -0.4 is 4.72 Å². The Labute approximate surface area is 129 Å². The van der Waals surface area contributed by atoms with Crippen LogP contribution in [0.5, 0.6) is 0 Å². The average Bonchev–Trinajstić information content (AvgIpc) is 2.87. The second-order valence-electron chi connectivity index (χ2n) is 5.61. The summed E-state index contributed by atoms with van der Waals surface area (Å²) in [6, 6.07) is 6.79. The molecule has 0 unspecified atom stereocenters. The van der Waals surface area contributed by atoms with Crippen LogP contribution in [0.15, 0.2) is 33.6 Å². The molecule has 1 aromatic carbocycles. The summed E-state index contributed by atoms with van der Waals surface area (Å²) in [5.41, 5.74) is -0.0426. The standard InChI is InChI=1S/C14H21BrN2O2S/c1-17(2)14(8-3-4-9-14)11-16-20(18,19)13-7-5-6-12(15)10-13/h5-7,10,16H,3-4,8-9,11H2,1-2H3. The largest absolute Gasteiger partial charge is 0.302 e. The second kappa shape index (κ2) is 6.13. The molecule has 4 nitrogen and oxygen atoms in total. The minimum atomic E-state index is -3.45. The third-order valence-electron chi connectivity index (χ3n) is 4.18. The summed E-state index contributed by atoms with van der Waals surface area (Å²) in [6.45, 7) is 0.467. The molecule has 1 aliphatic rings. The normalized spacial score (nSPS) is 18.6. The number of nitrogens with one attached hydrogen (secondary N) is 1. The molecule has 6 heteroatoms. The number of hydrogen-bond donors (Lipinski definition) is 1. The SMILES string of the molecule is CN(C)C1(CNS(=O)(=O)c2cccc(Br)c2)CCCC1. The van der Waals surface area contributed by atoms with Crippen LogP contribution in [0.1, 0.15) is 25.7 Å². The van der Waals surface area contributed by atoms with E-state index in [1.165, 1.54) is 0 Å². The molecule has 0 heterocycles. The van der Waals surface area contributed by atoms with Crippen LogP contribution in [0.3, 0.4) is 0 Å². The Balaban J connectivity index is 2.13. The zero-order valence-corrected chi connectivity index (χ0v) is 14.3. The molecule has 1 saturated carbocycles. The van der Waals surface area contributed by atoms with Crippen molar-refractivity contribution in [3.05, 3.63) is 28.7 Å². The molecule has 1 aliphatic carbocycles. The van der Waals surface area contributed by atoms with Crippen molar-refractivity contribution in [3.63, 3.8) is 0 Å². The van der Waals surface area contributed by atoms with Crippen molar-refractivity contribution in [2.24, 2.45) is 0 Å². The molecule has 1 N–H and O–H groups in total. The Bertz CT molecular complexity index is 566. The third-order valence-corrected chi connectivity index (χ3v) is 6.07. The van der Waals surface area contributed by atoms with Crippen molar-refractivity contribution in [2.45, 2.75) is 36.1 Å². The monoisotopic (exact) mass is 360 g/mol. The second-order valence-corrected chi connectivity index (χ2v) is 8.29. The Kier molecular flexibility index (Phi) is 4.89. The molecule has 0 aromatic heterocycles. The van der Waals surface area contributed by atoms with Gasteiger partial charge in [-0.1, -0.05) is 34.8 Å². The Hall–Kier alpha value is -0.430. The fourth-order valence-corrected chi connectivity index (χ4v) is 4.48. The first kappa shape index (κ1) is 15.9.